The Morgan fingerprint density at radius 3 is 2.00 bits per heavy atom. The third kappa shape index (κ3) is 2.11. The molecule has 2 aromatic rings. The van der Waals surface area contributed by atoms with E-state index in [1.54, 1.807) is 54.6 Å². The molecule has 1 N–H and O–H groups in total. The minimum atomic E-state index is -2.44. The molecular formula is C15H12FNO. The topological polar surface area (TPSA) is 44.0 Å². The summed E-state index contributed by atoms with van der Waals surface area (Å²) >= 11 is 0. The second-order valence-electron chi connectivity index (χ2n) is 4.00. The average Bonchev–Trinajstić information content (AvgIpc) is 2.47. The molecule has 0 saturated heterocycles. The second kappa shape index (κ2) is 4.99. The SMILES string of the molecule is N#C[C@@](F)(c1ccccc1)[C@H](O)c1ccccc1. The number of aliphatic hydroxyl groups excluding tert-OH is 1. The molecule has 0 bridgehead atoms. The summed E-state index contributed by atoms with van der Waals surface area (Å²) in [7, 11) is 0. The molecule has 0 unspecified atom stereocenters. The number of benzene rings is 2. The Hall–Kier alpha value is -2.18. The highest BCUT2D eigenvalue weighted by molar-refractivity contribution is 5.34. The number of rotatable bonds is 3. The lowest BCUT2D eigenvalue weighted by Crippen LogP contribution is -2.27. The maximum absolute atomic E-state index is 14.7. The lowest BCUT2D eigenvalue weighted by Gasteiger charge is -2.24. The molecule has 0 aliphatic heterocycles. The molecule has 3 heteroatoms. The van der Waals surface area contributed by atoms with Crippen molar-refractivity contribution < 1.29 is 9.50 Å². The van der Waals surface area contributed by atoms with Gasteiger partial charge in [0.2, 0.25) is 0 Å². The average molecular weight is 241 g/mol. The summed E-state index contributed by atoms with van der Waals surface area (Å²) in [6.07, 6.45) is -1.51. The van der Waals surface area contributed by atoms with Crippen molar-refractivity contribution in [3.63, 3.8) is 0 Å². The molecule has 0 aliphatic carbocycles. The van der Waals surface area contributed by atoms with Gasteiger partial charge in [0.15, 0.2) is 0 Å². The third-order valence-electron chi connectivity index (χ3n) is 2.85. The highest BCUT2D eigenvalue weighted by atomic mass is 19.1. The van der Waals surface area contributed by atoms with Gasteiger partial charge in [0.05, 0.1) is 0 Å². The predicted octanol–water partition coefficient (Wildman–Crippen LogP) is 3.11. The van der Waals surface area contributed by atoms with Crippen LogP contribution in [0.4, 0.5) is 4.39 Å². The minimum absolute atomic E-state index is 0.156. The number of halogens is 1. The fraction of sp³-hybridized carbons (Fsp3) is 0.133. The first-order valence-electron chi connectivity index (χ1n) is 5.57. The zero-order valence-electron chi connectivity index (χ0n) is 9.62. The molecule has 0 fully saturated rings. The molecule has 2 rings (SSSR count). The van der Waals surface area contributed by atoms with Crippen LogP contribution in [-0.2, 0) is 5.67 Å². The van der Waals surface area contributed by atoms with Crippen LogP contribution in [0, 0.1) is 11.3 Å². The van der Waals surface area contributed by atoms with Gasteiger partial charge in [0.1, 0.15) is 12.2 Å². The number of aliphatic hydroxyl groups is 1. The predicted molar refractivity (Wildman–Crippen MR) is 66.2 cm³/mol. The number of nitrogens with zero attached hydrogens (tertiary/aromatic N) is 1. The molecule has 0 amide bonds. The molecule has 0 aromatic heterocycles. The van der Waals surface area contributed by atoms with Gasteiger partial charge in [-0.3, -0.25) is 0 Å². The Morgan fingerprint density at radius 2 is 1.50 bits per heavy atom. The lowest BCUT2D eigenvalue weighted by atomic mass is 9.87. The van der Waals surface area contributed by atoms with E-state index in [1.807, 2.05) is 0 Å². The maximum Gasteiger partial charge on any atom is 0.250 e. The number of hydrogen-bond donors (Lipinski definition) is 1. The molecule has 2 aromatic carbocycles. The Bertz CT molecular complexity index is 550. The quantitative estimate of drug-likeness (QED) is 0.897. The summed E-state index contributed by atoms with van der Waals surface area (Å²) < 4.78 is 14.7. The van der Waals surface area contributed by atoms with Crippen LogP contribution in [-0.4, -0.2) is 5.11 Å². The number of alkyl halides is 1. The normalized spacial score (nSPS) is 15.4. The van der Waals surface area contributed by atoms with Crippen molar-refractivity contribution in [3.05, 3.63) is 71.8 Å². The summed E-state index contributed by atoms with van der Waals surface area (Å²) in [5, 5.41) is 19.2. The first kappa shape index (κ1) is 12.3. The van der Waals surface area contributed by atoms with Gasteiger partial charge in [-0.2, -0.15) is 5.26 Å². The van der Waals surface area contributed by atoms with Gasteiger partial charge >= 0.3 is 0 Å². The van der Waals surface area contributed by atoms with E-state index >= 15 is 0 Å². The standard InChI is InChI=1S/C15H12FNO/c16-15(11-17,13-9-5-2-6-10-13)14(18)12-7-3-1-4-8-12/h1-10,14,18H/t14-,15-/m1/s1. The first-order chi connectivity index (χ1) is 8.68. The van der Waals surface area contributed by atoms with Gasteiger partial charge in [-0.15, -0.1) is 0 Å². The van der Waals surface area contributed by atoms with Crippen molar-refractivity contribution in [2.75, 3.05) is 0 Å². The van der Waals surface area contributed by atoms with Crippen LogP contribution in [0.3, 0.4) is 0 Å². The zero-order chi connectivity index (χ0) is 13.0. The molecule has 2 atom stereocenters. The van der Waals surface area contributed by atoms with Crippen molar-refractivity contribution in [2.45, 2.75) is 11.8 Å². The van der Waals surface area contributed by atoms with Crippen LogP contribution < -0.4 is 0 Å². The summed E-state index contributed by atoms with van der Waals surface area (Å²) in [5.41, 5.74) is -1.91. The Kier molecular flexibility index (Phi) is 3.40. The van der Waals surface area contributed by atoms with Gasteiger partial charge in [-0.1, -0.05) is 60.7 Å². The van der Waals surface area contributed by atoms with E-state index in [9.17, 15) is 9.50 Å². The summed E-state index contributed by atoms with van der Waals surface area (Å²) in [4.78, 5) is 0. The molecule has 0 radical (unpaired) electrons. The van der Waals surface area contributed by atoms with Gasteiger partial charge in [0, 0.05) is 5.56 Å². The van der Waals surface area contributed by atoms with Gasteiger partial charge in [-0.25, -0.2) is 4.39 Å². The van der Waals surface area contributed by atoms with Crippen LogP contribution in [0.1, 0.15) is 17.2 Å². The van der Waals surface area contributed by atoms with E-state index in [0.29, 0.717) is 5.56 Å². The van der Waals surface area contributed by atoms with E-state index in [4.69, 9.17) is 5.26 Å². The van der Waals surface area contributed by atoms with Crippen LogP contribution >= 0.6 is 0 Å². The summed E-state index contributed by atoms with van der Waals surface area (Å²) in [6.45, 7) is 0. The summed E-state index contributed by atoms with van der Waals surface area (Å²) in [5.74, 6) is 0. The van der Waals surface area contributed by atoms with Crippen molar-refractivity contribution in [2.24, 2.45) is 0 Å². The van der Waals surface area contributed by atoms with E-state index in [-0.39, 0.29) is 5.56 Å². The maximum atomic E-state index is 14.7. The fourth-order valence-corrected chi connectivity index (χ4v) is 1.83. The highest BCUT2D eigenvalue weighted by Crippen LogP contribution is 2.38. The zero-order valence-corrected chi connectivity index (χ0v) is 9.62. The molecule has 90 valence electrons. The molecule has 18 heavy (non-hydrogen) atoms. The molecule has 0 saturated carbocycles. The molecule has 2 nitrogen and oxygen atoms in total. The highest BCUT2D eigenvalue weighted by Gasteiger charge is 2.41. The second-order valence-corrected chi connectivity index (χ2v) is 4.00. The van der Waals surface area contributed by atoms with Crippen LogP contribution in [0.5, 0.6) is 0 Å². The van der Waals surface area contributed by atoms with E-state index < -0.39 is 11.8 Å². The largest absolute Gasteiger partial charge is 0.383 e. The third-order valence-corrected chi connectivity index (χ3v) is 2.85. The van der Waals surface area contributed by atoms with Crippen LogP contribution in [0.15, 0.2) is 60.7 Å². The number of nitriles is 1. The van der Waals surface area contributed by atoms with E-state index in [0.717, 1.165) is 0 Å². The monoisotopic (exact) mass is 241 g/mol. The van der Waals surface area contributed by atoms with Gasteiger partial charge < -0.3 is 5.11 Å². The lowest BCUT2D eigenvalue weighted by molar-refractivity contribution is 0.0267. The first-order valence-corrected chi connectivity index (χ1v) is 5.57. The molecular weight excluding hydrogens is 229 g/mol. The molecule has 0 spiro atoms. The van der Waals surface area contributed by atoms with Crippen LogP contribution in [0.2, 0.25) is 0 Å². The van der Waals surface area contributed by atoms with E-state index in [2.05, 4.69) is 0 Å². The Labute approximate surface area is 105 Å². The molecule has 0 heterocycles. The fourth-order valence-electron chi connectivity index (χ4n) is 1.83. The Morgan fingerprint density at radius 1 is 1.00 bits per heavy atom. The van der Waals surface area contributed by atoms with Crippen LogP contribution in [0.25, 0.3) is 0 Å². The van der Waals surface area contributed by atoms with Gasteiger partial charge in [-0.05, 0) is 5.56 Å². The molecule has 0 aliphatic rings. The van der Waals surface area contributed by atoms with Gasteiger partial charge in [0.25, 0.3) is 5.67 Å². The number of hydrogen-bond acceptors (Lipinski definition) is 2. The van der Waals surface area contributed by atoms with Crippen molar-refractivity contribution >= 4 is 0 Å². The van der Waals surface area contributed by atoms with Crippen molar-refractivity contribution in [1.29, 1.82) is 5.26 Å². The van der Waals surface area contributed by atoms with Crippen molar-refractivity contribution in [1.82, 2.24) is 0 Å². The Balaban J connectivity index is 2.43. The smallest absolute Gasteiger partial charge is 0.250 e. The van der Waals surface area contributed by atoms with Crippen molar-refractivity contribution in [3.8, 4) is 6.07 Å². The summed E-state index contributed by atoms with van der Waals surface area (Å²) in [6, 6.07) is 17.9. The minimum Gasteiger partial charge on any atom is -0.383 e. The van der Waals surface area contributed by atoms with E-state index in [1.165, 1.54) is 12.1 Å².